The zero-order valence-electron chi connectivity index (χ0n) is 16.5. The molecule has 0 N–H and O–H groups in total. The number of ether oxygens (including phenoxy) is 1. The van der Waals surface area contributed by atoms with Crippen LogP contribution < -0.4 is 0 Å². The second-order valence-electron chi connectivity index (χ2n) is 8.12. The van der Waals surface area contributed by atoms with Crippen molar-refractivity contribution in [3.8, 4) is 0 Å². The van der Waals surface area contributed by atoms with Gasteiger partial charge in [0.15, 0.2) is 0 Å². The molecule has 29 heavy (non-hydrogen) atoms. The lowest BCUT2D eigenvalue weighted by Crippen LogP contribution is -2.42. The van der Waals surface area contributed by atoms with Crippen molar-refractivity contribution in [2.75, 3.05) is 19.7 Å². The van der Waals surface area contributed by atoms with Gasteiger partial charge in [0, 0.05) is 36.5 Å². The van der Waals surface area contributed by atoms with Gasteiger partial charge < -0.3 is 9.64 Å². The van der Waals surface area contributed by atoms with E-state index in [-0.39, 0.29) is 12.0 Å². The summed E-state index contributed by atoms with van der Waals surface area (Å²) in [4.78, 5) is 19.5. The van der Waals surface area contributed by atoms with E-state index in [0.717, 1.165) is 62.3 Å². The monoisotopic (exact) mass is 408 g/mol. The second-order valence-corrected chi connectivity index (χ2v) is 8.55. The van der Waals surface area contributed by atoms with Crippen LogP contribution in [-0.4, -0.2) is 41.6 Å². The van der Waals surface area contributed by atoms with E-state index in [1.54, 1.807) is 0 Å². The van der Waals surface area contributed by atoms with Crippen molar-refractivity contribution in [2.45, 2.75) is 44.6 Å². The van der Waals surface area contributed by atoms with E-state index in [0.29, 0.717) is 6.61 Å². The summed E-state index contributed by atoms with van der Waals surface area (Å²) in [6.07, 6.45) is 7.20. The van der Waals surface area contributed by atoms with Crippen LogP contribution in [0.15, 0.2) is 42.1 Å². The quantitative estimate of drug-likeness (QED) is 0.700. The summed E-state index contributed by atoms with van der Waals surface area (Å²) >= 11 is 6.30. The van der Waals surface area contributed by atoms with Crippen LogP contribution in [0.5, 0.6) is 0 Å². The van der Waals surface area contributed by atoms with Gasteiger partial charge in [-0.05, 0) is 73.4 Å². The molecule has 0 saturated carbocycles. The molecule has 150 valence electrons. The molecule has 2 fully saturated rings. The molecule has 1 aliphatic carbocycles. The number of halogens is 1. The molecule has 3 aliphatic rings. The summed E-state index contributed by atoms with van der Waals surface area (Å²) in [5.41, 5.74) is 7.58. The molecule has 1 aromatic carbocycles. The summed E-state index contributed by atoms with van der Waals surface area (Å²) in [5, 5.41) is 0.781. The number of aryl methyl sites for hydroxylation is 2. The maximum atomic E-state index is 12.7. The Bertz CT molecular complexity index is 969. The Morgan fingerprint density at radius 2 is 1.93 bits per heavy atom. The van der Waals surface area contributed by atoms with Gasteiger partial charge in [-0.25, -0.2) is 0 Å². The number of amides is 1. The van der Waals surface area contributed by atoms with Gasteiger partial charge in [-0.2, -0.15) is 0 Å². The van der Waals surface area contributed by atoms with Gasteiger partial charge in [0.05, 0.1) is 5.69 Å². The predicted octanol–water partition coefficient (Wildman–Crippen LogP) is 4.44. The summed E-state index contributed by atoms with van der Waals surface area (Å²) in [6.45, 7) is 2.21. The van der Waals surface area contributed by atoms with E-state index < -0.39 is 0 Å². The van der Waals surface area contributed by atoms with Crippen molar-refractivity contribution in [3.05, 3.63) is 69.5 Å². The Morgan fingerprint density at radius 1 is 1.10 bits per heavy atom. The normalized spacial score (nSPS) is 21.6. The zero-order chi connectivity index (χ0) is 19.8. The van der Waals surface area contributed by atoms with Crippen molar-refractivity contribution in [2.24, 2.45) is 0 Å². The van der Waals surface area contributed by atoms with Gasteiger partial charge in [0.2, 0.25) is 0 Å². The first-order chi connectivity index (χ1) is 14.2. The Hall–Kier alpha value is -2.17. The van der Waals surface area contributed by atoms with Gasteiger partial charge >= 0.3 is 0 Å². The minimum absolute atomic E-state index is 0.165. The zero-order valence-corrected chi connectivity index (χ0v) is 17.3. The summed E-state index contributed by atoms with van der Waals surface area (Å²) in [6, 6.07) is 10.4. The summed E-state index contributed by atoms with van der Waals surface area (Å²) in [7, 11) is 0. The first kappa shape index (κ1) is 18.8. The van der Waals surface area contributed by atoms with Gasteiger partial charge in [-0.15, -0.1) is 0 Å². The fraction of sp³-hybridized carbons (Fsp3) is 0.417. The molecule has 4 nitrogen and oxygen atoms in total. The fourth-order valence-corrected chi connectivity index (χ4v) is 5.05. The van der Waals surface area contributed by atoms with Crippen LogP contribution in [0.2, 0.25) is 5.02 Å². The standard InChI is InChI=1S/C24H25ClN2O2/c25-19-7-8-20-18(15-19)6-5-17-3-1-11-26-23(17)22(20)16-9-12-27(13-10-16)24(28)21-4-2-14-29-21/h1,3,7-8,11,15,21H,2,4-6,9-10,12-14H2. The van der Waals surface area contributed by atoms with Crippen molar-refractivity contribution in [1.29, 1.82) is 0 Å². The molecule has 0 bridgehead atoms. The fourth-order valence-electron chi connectivity index (χ4n) is 4.86. The number of hydrogen-bond donors (Lipinski definition) is 0. The molecular weight excluding hydrogens is 384 g/mol. The maximum absolute atomic E-state index is 12.7. The average Bonchev–Trinajstić information content (AvgIpc) is 3.24. The highest BCUT2D eigenvalue weighted by molar-refractivity contribution is 6.30. The lowest BCUT2D eigenvalue weighted by molar-refractivity contribution is -0.141. The topological polar surface area (TPSA) is 42.4 Å². The largest absolute Gasteiger partial charge is 0.368 e. The molecule has 3 heterocycles. The number of benzene rings is 1. The molecule has 1 aromatic heterocycles. The Morgan fingerprint density at radius 3 is 2.72 bits per heavy atom. The third kappa shape index (κ3) is 3.60. The van der Waals surface area contributed by atoms with Crippen LogP contribution in [0.3, 0.4) is 0 Å². The SMILES string of the molecule is O=C(C1CCCO1)N1CCC(=C2c3ccc(Cl)cc3CCc3cccnc32)CC1. The highest BCUT2D eigenvalue weighted by atomic mass is 35.5. The van der Waals surface area contributed by atoms with Crippen molar-refractivity contribution < 1.29 is 9.53 Å². The number of carbonyl (C=O) groups excluding carboxylic acids is 1. The van der Waals surface area contributed by atoms with Crippen molar-refractivity contribution >= 4 is 23.1 Å². The predicted molar refractivity (Wildman–Crippen MR) is 114 cm³/mol. The minimum atomic E-state index is -0.229. The number of rotatable bonds is 1. The third-order valence-corrected chi connectivity index (χ3v) is 6.60. The van der Waals surface area contributed by atoms with Crippen molar-refractivity contribution in [1.82, 2.24) is 9.88 Å². The van der Waals surface area contributed by atoms with E-state index >= 15 is 0 Å². The molecule has 0 spiro atoms. The van der Waals surface area contributed by atoms with E-state index in [2.05, 4.69) is 18.2 Å². The van der Waals surface area contributed by atoms with Gasteiger partial charge in [0.25, 0.3) is 5.91 Å². The van der Waals surface area contributed by atoms with Crippen molar-refractivity contribution in [3.63, 3.8) is 0 Å². The third-order valence-electron chi connectivity index (χ3n) is 6.37. The first-order valence-corrected chi connectivity index (χ1v) is 10.9. The van der Waals surface area contributed by atoms with Crippen LogP contribution in [0.4, 0.5) is 0 Å². The number of carbonyl (C=O) groups is 1. The molecule has 1 amide bonds. The van der Waals surface area contributed by atoms with Crippen LogP contribution >= 0.6 is 11.6 Å². The van der Waals surface area contributed by atoms with E-state index in [1.807, 2.05) is 23.2 Å². The molecule has 2 saturated heterocycles. The molecular formula is C24H25ClN2O2. The smallest absolute Gasteiger partial charge is 0.251 e. The molecule has 2 aromatic rings. The summed E-state index contributed by atoms with van der Waals surface area (Å²) < 4.78 is 5.61. The lowest BCUT2D eigenvalue weighted by atomic mass is 9.88. The molecule has 0 radical (unpaired) electrons. The Balaban J connectivity index is 1.50. The molecule has 1 unspecified atom stereocenters. The van der Waals surface area contributed by atoms with E-state index in [9.17, 15) is 4.79 Å². The number of piperidine rings is 1. The molecule has 5 rings (SSSR count). The Labute approximate surface area is 176 Å². The van der Waals surface area contributed by atoms with Gasteiger partial charge in [-0.3, -0.25) is 9.78 Å². The van der Waals surface area contributed by atoms with Crippen LogP contribution in [0, 0.1) is 0 Å². The minimum Gasteiger partial charge on any atom is -0.368 e. The molecule has 2 aliphatic heterocycles. The number of pyridine rings is 1. The summed E-state index contributed by atoms with van der Waals surface area (Å²) in [5.74, 6) is 0.165. The number of nitrogens with zero attached hydrogens (tertiary/aromatic N) is 2. The van der Waals surface area contributed by atoms with Gasteiger partial charge in [-0.1, -0.05) is 29.3 Å². The Kier molecular flexibility index (Phi) is 5.15. The van der Waals surface area contributed by atoms with E-state index in [1.165, 1.54) is 27.8 Å². The maximum Gasteiger partial charge on any atom is 0.251 e. The highest BCUT2D eigenvalue weighted by Crippen LogP contribution is 2.38. The number of hydrogen-bond acceptors (Lipinski definition) is 3. The number of likely N-dealkylation sites (tertiary alicyclic amines) is 1. The van der Waals surface area contributed by atoms with Crippen LogP contribution in [-0.2, 0) is 22.4 Å². The van der Waals surface area contributed by atoms with Crippen LogP contribution in [0.25, 0.3) is 5.57 Å². The number of aromatic nitrogens is 1. The second kappa shape index (κ2) is 7.92. The molecule has 1 atom stereocenters. The average molecular weight is 409 g/mol. The highest BCUT2D eigenvalue weighted by Gasteiger charge is 2.31. The van der Waals surface area contributed by atoms with Gasteiger partial charge in [0.1, 0.15) is 6.10 Å². The lowest BCUT2D eigenvalue weighted by Gasteiger charge is -2.31. The number of fused-ring (bicyclic) bond motifs is 2. The van der Waals surface area contributed by atoms with E-state index in [4.69, 9.17) is 21.3 Å². The first-order valence-electron chi connectivity index (χ1n) is 10.6. The molecule has 5 heteroatoms. The van der Waals surface area contributed by atoms with Crippen LogP contribution in [0.1, 0.15) is 48.1 Å².